The number of aromatic nitrogens is 2. The Morgan fingerprint density at radius 3 is 2.58 bits per heavy atom. The Morgan fingerprint density at radius 1 is 1.10 bits per heavy atom. The average Bonchev–Trinajstić information content (AvgIpc) is 3.06. The van der Waals surface area contributed by atoms with Crippen molar-refractivity contribution in [3.05, 3.63) is 41.2 Å². The molecule has 1 fully saturated rings. The highest BCUT2D eigenvalue weighted by molar-refractivity contribution is 5.36. The van der Waals surface area contributed by atoms with Crippen LogP contribution in [0.4, 0.5) is 0 Å². The Balaban J connectivity index is 0.00000160. The predicted octanol–water partition coefficient (Wildman–Crippen LogP) is 5.34. The average molecular weight is 432 g/mol. The molecule has 0 aromatic carbocycles. The van der Waals surface area contributed by atoms with Crippen LogP contribution in [0, 0.1) is 18.8 Å². The van der Waals surface area contributed by atoms with Crippen LogP contribution in [0.25, 0.3) is 0 Å². The summed E-state index contributed by atoms with van der Waals surface area (Å²) < 4.78 is 16.6. The molecule has 6 heteroatoms. The molecule has 3 atom stereocenters. The number of likely N-dealkylation sites (tertiary alicyclic amines) is 1. The lowest BCUT2D eigenvalue weighted by atomic mass is 9.91. The van der Waals surface area contributed by atoms with E-state index >= 15 is 0 Å². The highest BCUT2D eigenvalue weighted by Gasteiger charge is 2.33. The lowest BCUT2D eigenvalue weighted by Gasteiger charge is -2.25. The van der Waals surface area contributed by atoms with Gasteiger partial charge >= 0.3 is 0 Å². The maximum atomic E-state index is 5.66. The molecule has 4 rings (SSSR count). The van der Waals surface area contributed by atoms with Gasteiger partial charge in [-0.25, -0.2) is 9.97 Å². The number of fused-ring (bicyclic) bond motifs is 1. The zero-order valence-corrected chi connectivity index (χ0v) is 17.1. The first-order chi connectivity index (χ1) is 13.5. The van der Waals surface area contributed by atoms with E-state index in [0.717, 1.165) is 36.6 Å². The van der Waals surface area contributed by atoms with Gasteiger partial charge in [0.25, 0.3) is 5.88 Å². The van der Waals surface area contributed by atoms with Gasteiger partial charge in [-0.15, -0.1) is 0 Å². The van der Waals surface area contributed by atoms with E-state index in [-0.39, 0.29) is 28.3 Å². The molecule has 6 nitrogen and oxygen atoms in total. The van der Waals surface area contributed by atoms with Crippen LogP contribution < -0.4 is 14.2 Å². The molecule has 4 heterocycles. The maximum Gasteiger partial charge on any atom is 0.257 e. The fourth-order valence-corrected chi connectivity index (χ4v) is 4.25. The largest absolute Gasteiger partial charge is 0.484 e. The lowest BCUT2D eigenvalue weighted by Crippen LogP contribution is -2.26. The molecule has 0 spiro atoms. The fraction of sp³-hybridized carbons (Fsp3) is 0.600. The summed E-state index contributed by atoms with van der Waals surface area (Å²) in [5.74, 6) is 3.30. The van der Waals surface area contributed by atoms with Crippen molar-refractivity contribution in [3.8, 4) is 17.5 Å². The molecule has 1 saturated heterocycles. The molecule has 2 aliphatic rings. The number of nitrogens with zero attached hydrogens (tertiary/aromatic N) is 3. The summed E-state index contributed by atoms with van der Waals surface area (Å²) in [6.07, 6.45) is 1.04. The molecule has 0 aliphatic carbocycles. The van der Waals surface area contributed by atoms with Gasteiger partial charge in [0, 0.05) is 30.9 Å². The van der Waals surface area contributed by atoms with Crippen LogP contribution in [0.2, 0.25) is 0 Å². The fourth-order valence-electron chi connectivity index (χ4n) is 4.25. The van der Waals surface area contributed by atoms with Gasteiger partial charge in [-0.05, 0) is 55.9 Å². The minimum Gasteiger partial charge on any atom is -0.484 e. The van der Waals surface area contributed by atoms with Gasteiger partial charge < -0.3 is 14.2 Å². The van der Waals surface area contributed by atoms with Crippen LogP contribution in [0.5, 0.6) is 17.5 Å². The van der Waals surface area contributed by atoms with Crippen molar-refractivity contribution in [1.29, 1.82) is 0 Å². The quantitative estimate of drug-likeness (QED) is 0.636. The number of rotatable bonds is 5. The van der Waals surface area contributed by atoms with Crippen molar-refractivity contribution in [3.63, 3.8) is 0 Å². The van der Waals surface area contributed by atoms with Crippen LogP contribution in [-0.4, -0.2) is 48.3 Å². The first-order valence-corrected chi connectivity index (χ1v) is 10.1. The van der Waals surface area contributed by atoms with Crippen molar-refractivity contribution < 1.29 is 14.2 Å². The van der Waals surface area contributed by atoms with E-state index in [1.54, 1.807) is 7.11 Å². The third kappa shape index (κ3) is 5.88. The molecule has 2 aromatic heterocycles. The van der Waals surface area contributed by atoms with Crippen molar-refractivity contribution in [2.24, 2.45) is 11.8 Å². The molecule has 0 bridgehead atoms. The molecule has 0 N–H and O–H groups in total. The first-order valence-electron chi connectivity index (χ1n) is 10.1. The summed E-state index contributed by atoms with van der Waals surface area (Å²) in [6.45, 7) is 9.88. The van der Waals surface area contributed by atoms with Gasteiger partial charge in [-0.1, -0.05) is 29.2 Å². The van der Waals surface area contributed by atoms with Crippen LogP contribution in [0.1, 0.15) is 59.1 Å². The topological polar surface area (TPSA) is 56.7 Å². The van der Waals surface area contributed by atoms with E-state index in [2.05, 4.69) is 41.9 Å². The molecule has 174 valence electrons. The molecule has 0 radical (unpaired) electrons. The monoisotopic (exact) mass is 431 g/mol. The molecule has 0 unspecified atom stereocenters. The first kappa shape index (κ1) is 26.7. The van der Waals surface area contributed by atoms with E-state index in [9.17, 15) is 0 Å². The van der Waals surface area contributed by atoms with Crippen molar-refractivity contribution >= 4 is 0 Å². The van der Waals surface area contributed by atoms with Gasteiger partial charge in [0.15, 0.2) is 5.75 Å². The Kier molecular flexibility index (Phi) is 9.75. The van der Waals surface area contributed by atoms with Gasteiger partial charge in [0.1, 0.15) is 13.2 Å². The Labute approximate surface area is 189 Å². The SMILES string of the molecule is C.C.C.COc1cc(C[C@@H]2CN([C@H](C)c3ccc4c(n3)OCCO4)C[C@H]2C)cc(C)n1. The van der Waals surface area contributed by atoms with Crippen LogP contribution >= 0.6 is 0 Å². The second-order valence-electron chi connectivity index (χ2n) is 7.97. The second-order valence-corrected chi connectivity index (χ2v) is 7.97. The number of methoxy groups -OCH3 is 1. The standard InChI is InChI=1S/C22H29N3O3.3CH4/c1-14-12-25(13-18(14)10-17-9-15(2)23-21(11-17)26-4)16(3)19-5-6-20-22(24-19)28-8-7-27-20;;;/h5-6,9,11,14,16,18H,7-8,10,12-13H2,1-4H3;3*1H4/t14-,16-,18-;;;/m1.../s1. The Morgan fingerprint density at radius 2 is 1.84 bits per heavy atom. The van der Waals surface area contributed by atoms with Crippen molar-refractivity contribution in [2.75, 3.05) is 33.4 Å². The minimum atomic E-state index is 0. The molecule has 2 aromatic rings. The van der Waals surface area contributed by atoms with E-state index in [1.807, 2.05) is 13.0 Å². The number of ether oxygens (including phenoxy) is 3. The van der Waals surface area contributed by atoms with Gasteiger partial charge in [0.05, 0.1) is 12.8 Å². The van der Waals surface area contributed by atoms with Crippen LogP contribution in [-0.2, 0) is 6.42 Å². The zero-order chi connectivity index (χ0) is 19.7. The predicted molar refractivity (Wildman–Crippen MR) is 127 cm³/mol. The van der Waals surface area contributed by atoms with Gasteiger partial charge in [-0.3, -0.25) is 4.90 Å². The van der Waals surface area contributed by atoms with E-state index in [1.165, 1.54) is 5.56 Å². The Hall–Kier alpha value is -2.34. The van der Waals surface area contributed by atoms with Crippen molar-refractivity contribution in [1.82, 2.24) is 14.9 Å². The second kappa shape index (κ2) is 11.3. The van der Waals surface area contributed by atoms with Crippen LogP contribution in [0.3, 0.4) is 0 Å². The van der Waals surface area contributed by atoms with Gasteiger partial charge in [-0.2, -0.15) is 0 Å². The summed E-state index contributed by atoms with van der Waals surface area (Å²) in [5.41, 5.74) is 3.34. The number of hydrogen-bond donors (Lipinski definition) is 0. The Bertz CT molecular complexity index is 843. The zero-order valence-electron chi connectivity index (χ0n) is 17.1. The normalized spacial score (nSPS) is 20.6. The molecule has 2 aliphatic heterocycles. The van der Waals surface area contributed by atoms with Gasteiger partial charge in [0.2, 0.25) is 5.88 Å². The minimum absolute atomic E-state index is 0. The third-order valence-electron chi connectivity index (χ3n) is 5.90. The summed E-state index contributed by atoms with van der Waals surface area (Å²) in [5, 5.41) is 0. The number of aryl methyl sites for hydroxylation is 1. The summed E-state index contributed by atoms with van der Waals surface area (Å²) >= 11 is 0. The van der Waals surface area contributed by atoms with E-state index < -0.39 is 0 Å². The van der Waals surface area contributed by atoms with E-state index in [4.69, 9.17) is 19.2 Å². The summed E-state index contributed by atoms with van der Waals surface area (Å²) in [4.78, 5) is 11.6. The summed E-state index contributed by atoms with van der Waals surface area (Å²) in [7, 11) is 1.67. The molecular formula is C25H41N3O3. The molecular weight excluding hydrogens is 390 g/mol. The molecule has 0 saturated carbocycles. The maximum absolute atomic E-state index is 5.66. The number of pyridine rings is 2. The van der Waals surface area contributed by atoms with E-state index in [0.29, 0.717) is 36.8 Å². The summed E-state index contributed by atoms with van der Waals surface area (Å²) in [6, 6.07) is 8.53. The highest BCUT2D eigenvalue weighted by atomic mass is 16.6. The smallest absolute Gasteiger partial charge is 0.257 e. The third-order valence-corrected chi connectivity index (χ3v) is 5.90. The van der Waals surface area contributed by atoms with Crippen LogP contribution in [0.15, 0.2) is 24.3 Å². The lowest BCUT2D eigenvalue weighted by molar-refractivity contribution is 0.162. The highest BCUT2D eigenvalue weighted by Crippen LogP contribution is 2.35. The van der Waals surface area contributed by atoms with Crippen molar-refractivity contribution in [2.45, 2.75) is 55.5 Å². The molecule has 31 heavy (non-hydrogen) atoms. The number of hydrogen-bond acceptors (Lipinski definition) is 6. The molecule has 0 amide bonds.